The Bertz CT molecular complexity index is 511. The van der Waals surface area contributed by atoms with Gasteiger partial charge in [-0.3, -0.25) is 0 Å². The van der Waals surface area contributed by atoms with Crippen molar-refractivity contribution >= 4 is 0 Å². The van der Waals surface area contributed by atoms with E-state index < -0.39 is 0 Å². The molecule has 0 radical (unpaired) electrons. The molecule has 0 aliphatic carbocycles. The lowest BCUT2D eigenvalue weighted by Crippen LogP contribution is -2.12. The number of hydrogen-bond acceptors (Lipinski definition) is 3. The molecule has 19 heavy (non-hydrogen) atoms. The van der Waals surface area contributed by atoms with Crippen molar-refractivity contribution in [2.75, 3.05) is 6.54 Å². The van der Waals surface area contributed by atoms with Gasteiger partial charge in [0.15, 0.2) is 0 Å². The molecule has 2 aromatic rings. The van der Waals surface area contributed by atoms with Crippen molar-refractivity contribution in [2.45, 2.75) is 33.9 Å². The summed E-state index contributed by atoms with van der Waals surface area (Å²) in [5.74, 6) is 1.78. The Morgan fingerprint density at radius 2 is 1.89 bits per heavy atom. The van der Waals surface area contributed by atoms with Gasteiger partial charge >= 0.3 is 0 Å². The molecular weight excluding hydrogens is 238 g/mol. The molecule has 3 nitrogen and oxygen atoms in total. The summed E-state index contributed by atoms with van der Waals surface area (Å²) in [6.07, 6.45) is 1.72. The van der Waals surface area contributed by atoms with Gasteiger partial charge in [0, 0.05) is 12.1 Å². The van der Waals surface area contributed by atoms with Crippen molar-refractivity contribution in [1.29, 1.82) is 0 Å². The fourth-order valence-corrected chi connectivity index (χ4v) is 2.08. The molecule has 1 aromatic heterocycles. The van der Waals surface area contributed by atoms with Gasteiger partial charge in [-0.1, -0.05) is 13.0 Å². The molecule has 0 amide bonds. The smallest absolute Gasteiger partial charge is 0.146 e. The summed E-state index contributed by atoms with van der Waals surface area (Å²) in [4.78, 5) is 0. The first-order chi connectivity index (χ1) is 9.19. The average molecular weight is 259 g/mol. The van der Waals surface area contributed by atoms with Crippen LogP contribution in [0.25, 0.3) is 0 Å². The van der Waals surface area contributed by atoms with Crippen LogP contribution in [0.4, 0.5) is 0 Å². The van der Waals surface area contributed by atoms with E-state index in [0.29, 0.717) is 6.61 Å². The van der Waals surface area contributed by atoms with Crippen LogP contribution in [0.3, 0.4) is 0 Å². The lowest BCUT2D eigenvalue weighted by atomic mass is 10.1. The largest absolute Gasteiger partial charge is 0.486 e. The number of hydrogen-bond donors (Lipinski definition) is 1. The van der Waals surface area contributed by atoms with E-state index in [0.717, 1.165) is 30.2 Å². The van der Waals surface area contributed by atoms with E-state index in [1.165, 1.54) is 11.1 Å². The molecule has 0 unspecified atom stereocenters. The number of ether oxygens (including phenoxy) is 1. The van der Waals surface area contributed by atoms with Crippen molar-refractivity contribution in [3.8, 4) is 5.75 Å². The van der Waals surface area contributed by atoms with Gasteiger partial charge in [-0.15, -0.1) is 0 Å². The van der Waals surface area contributed by atoms with E-state index in [9.17, 15) is 0 Å². The summed E-state index contributed by atoms with van der Waals surface area (Å²) in [5.41, 5.74) is 3.58. The number of aryl methyl sites for hydroxylation is 2. The van der Waals surface area contributed by atoms with E-state index in [-0.39, 0.29) is 0 Å². The van der Waals surface area contributed by atoms with Crippen LogP contribution in [-0.4, -0.2) is 6.54 Å². The van der Waals surface area contributed by atoms with Crippen LogP contribution in [-0.2, 0) is 13.2 Å². The zero-order chi connectivity index (χ0) is 13.7. The maximum absolute atomic E-state index is 5.81. The third-order valence-electron chi connectivity index (χ3n) is 2.97. The molecule has 0 spiro atoms. The third kappa shape index (κ3) is 3.86. The topological polar surface area (TPSA) is 34.4 Å². The molecule has 3 heteroatoms. The Kier molecular flexibility index (Phi) is 4.63. The van der Waals surface area contributed by atoms with Crippen molar-refractivity contribution in [2.24, 2.45) is 0 Å². The minimum atomic E-state index is 0.469. The molecule has 2 rings (SSSR count). The minimum Gasteiger partial charge on any atom is -0.486 e. The summed E-state index contributed by atoms with van der Waals surface area (Å²) in [5, 5.41) is 3.29. The van der Waals surface area contributed by atoms with Gasteiger partial charge in [0.2, 0.25) is 0 Å². The van der Waals surface area contributed by atoms with Crippen LogP contribution in [0.1, 0.15) is 29.4 Å². The molecule has 0 saturated carbocycles. The van der Waals surface area contributed by atoms with Crippen LogP contribution in [0.15, 0.2) is 34.9 Å². The maximum Gasteiger partial charge on any atom is 0.146 e. The van der Waals surface area contributed by atoms with Crippen LogP contribution in [0.5, 0.6) is 5.75 Å². The Morgan fingerprint density at radius 1 is 1.16 bits per heavy atom. The Morgan fingerprint density at radius 3 is 2.58 bits per heavy atom. The van der Waals surface area contributed by atoms with Gasteiger partial charge in [0.25, 0.3) is 0 Å². The lowest BCUT2D eigenvalue weighted by Gasteiger charge is -2.08. The fraction of sp³-hybridized carbons (Fsp3) is 0.375. The lowest BCUT2D eigenvalue weighted by molar-refractivity contribution is 0.268. The van der Waals surface area contributed by atoms with E-state index in [1.54, 1.807) is 6.26 Å². The predicted molar refractivity (Wildman–Crippen MR) is 76.3 cm³/mol. The number of furan rings is 1. The van der Waals surface area contributed by atoms with Crippen molar-refractivity contribution < 1.29 is 9.15 Å². The first kappa shape index (κ1) is 13.7. The fourth-order valence-electron chi connectivity index (χ4n) is 2.08. The first-order valence-corrected chi connectivity index (χ1v) is 6.66. The molecule has 1 N–H and O–H groups in total. The second-order valence-electron chi connectivity index (χ2n) is 4.76. The molecule has 0 bridgehead atoms. The summed E-state index contributed by atoms with van der Waals surface area (Å²) in [7, 11) is 0. The monoisotopic (exact) mass is 259 g/mol. The molecule has 1 heterocycles. The summed E-state index contributed by atoms with van der Waals surface area (Å²) in [6, 6.07) is 8.21. The van der Waals surface area contributed by atoms with Crippen molar-refractivity contribution in [1.82, 2.24) is 5.32 Å². The maximum atomic E-state index is 5.81. The molecule has 102 valence electrons. The zero-order valence-electron chi connectivity index (χ0n) is 11.8. The average Bonchev–Trinajstić information content (AvgIpc) is 2.80. The Labute approximate surface area is 114 Å². The quantitative estimate of drug-likeness (QED) is 0.861. The molecule has 0 aliphatic heterocycles. The van der Waals surface area contributed by atoms with Crippen LogP contribution in [0, 0.1) is 13.8 Å². The van der Waals surface area contributed by atoms with E-state index in [2.05, 4.69) is 32.2 Å². The van der Waals surface area contributed by atoms with Crippen LogP contribution < -0.4 is 10.1 Å². The number of nitrogens with one attached hydrogen (secondary N) is 1. The normalized spacial score (nSPS) is 10.7. The van der Waals surface area contributed by atoms with E-state index in [1.807, 2.05) is 18.2 Å². The Balaban J connectivity index is 2.00. The SMILES string of the molecule is CCNCc1ccoc1COc1cc(C)cc(C)c1. The highest BCUT2D eigenvalue weighted by molar-refractivity contribution is 5.33. The van der Waals surface area contributed by atoms with Gasteiger partial charge in [-0.25, -0.2) is 0 Å². The second kappa shape index (κ2) is 6.43. The zero-order valence-corrected chi connectivity index (χ0v) is 11.8. The summed E-state index contributed by atoms with van der Waals surface area (Å²) >= 11 is 0. The number of benzene rings is 1. The van der Waals surface area contributed by atoms with Crippen LogP contribution in [0.2, 0.25) is 0 Å². The molecular formula is C16H21NO2. The van der Waals surface area contributed by atoms with Crippen molar-refractivity contribution in [3.05, 3.63) is 53.0 Å². The number of rotatable bonds is 6. The summed E-state index contributed by atoms with van der Waals surface area (Å²) in [6.45, 7) is 8.47. The third-order valence-corrected chi connectivity index (χ3v) is 2.97. The molecule has 1 aromatic carbocycles. The van der Waals surface area contributed by atoms with Gasteiger partial charge in [0.1, 0.15) is 18.1 Å². The molecule has 0 aliphatic rings. The summed E-state index contributed by atoms with van der Waals surface area (Å²) < 4.78 is 11.3. The molecule has 0 atom stereocenters. The Hall–Kier alpha value is -1.74. The standard InChI is InChI=1S/C16H21NO2/c1-4-17-10-14-5-6-18-16(14)11-19-15-8-12(2)7-13(3)9-15/h5-9,17H,4,10-11H2,1-3H3. The van der Waals surface area contributed by atoms with Crippen LogP contribution >= 0.6 is 0 Å². The predicted octanol–water partition coefficient (Wildman–Crippen LogP) is 3.58. The van der Waals surface area contributed by atoms with E-state index in [4.69, 9.17) is 9.15 Å². The highest BCUT2D eigenvalue weighted by Gasteiger charge is 2.07. The molecule has 0 fully saturated rings. The highest BCUT2D eigenvalue weighted by atomic mass is 16.5. The first-order valence-electron chi connectivity index (χ1n) is 6.66. The van der Waals surface area contributed by atoms with E-state index >= 15 is 0 Å². The van der Waals surface area contributed by atoms with Gasteiger partial charge in [-0.05, 0) is 49.7 Å². The highest BCUT2D eigenvalue weighted by Crippen LogP contribution is 2.19. The minimum absolute atomic E-state index is 0.469. The van der Waals surface area contributed by atoms with Crippen molar-refractivity contribution in [3.63, 3.8) is 0 Å². The van der Waals surface area contributed by atoms with Gasteiger partial charge in [0.05, 0.1) is 6.26 Å². The van der Waals surface area contributed by atoms with Gasteiger partial charge in [-0.2, -0.15) is 0 Å². The molecule has 0 saturated heterocycles. The van der Waals surface area contributed by atoms with Gasteiger partial charge < -0.3 is 14.5 Å². The second-order valence-corrected chi connectivity index (χ2v) is 4.76.